The van der Waals surface area contributed by atoms with Crippen LogP contribution in [0.5, 0.6) is 0 Å². The Morgan fingerprint density at radius 1 is 1.62 bits per heavy atom. The number of nitriles is 1. The van der Waals surface area contributed by atoms with E-state index in [4.69, 9.17) is 10.00 Å². The SMILES string of the molecule is CC(C#N)CNC(=O)CCC1CCCCO1. The van der Waals surface area contributed by atoms with E-state index in [1.54, 1.807) is 6.92 Å². The Morgan fingerprint density at radius 3 is 3.06 bits per heavy atom. The van der Waals surface area contributed by atoms with Gasteiger partial charge in [-0.1, -0.05) is 0 Å². The second kappa shape index (κ2) is 7.24. The molecule has 0 aromatic carbocycles. The monoisotopic (exact) mass is 224 g/mol. The van der Waals surface area contributed by atoms with E-state index < -0.39 is 0 Å². The average Bonchev–Trinajstić information content (AvgIpc) is 2.34. The molecule has 1 heterocycles. The quantitative estimate of drug-likeness (QED) is 0.771. The molecule has 1 rings (SSSR count). The van der Waals surface area contributed by atoms with Crippen LogP contribution in [0.1, 0.15) is 39.0 Å². The Labute approximate surface area is 97.0 Å². The van der Waals surface area contributed by atoms with Crippen molar-refractivity contribution in [2.24, 2.45) is 5.92 Å². The van der Waals surface area contributed by atoms with Gasteiger partial charge >= 0.3 is 0 Å². The number of carbonyl (C=O) groups excluding carboxylic acids is 1. The lowest BCUT2D eigenvalue weighted by atomic mass is 10.0. The van der Waals surface area contributed by atoms with Gasteiger partial charge in [-0.05, 0) is 32.6 Å². The van der Waals surface area contributed by atoms with Crippen LogP contribution in [-0.2, 0) is 9.53 Å². The zero-order valence-electron chi connectivity index (χ0n) is 9.87. The maximum Gasteiger partial charge on any atom is 0.220 e. The summed E-state index contributed by atoms with van der Waals surface area (Å²) >= 11 is 0. The van der Waals surface area contributed by atoms with Gasteiger partial charge in [0.2, 0.25) is 5.91 Å². The largest absolute Gasteiger partial charge is 0.378 e. The molecule has 1 amide bonds. The van der Waals surface area contributed by atoms with Crippen LogP contribution in [0.25, 0.3) is 0 Å². The van der Waals surface area contributed by atoms with E-state index in [1.807, 2.05) is 0 Å². The fourth-order valence-electron chi connectivity index (χ4n) is 1.73. The first kappa shape index (κ1) is 13.0. The van der Waals surface area contributed by atoms with Gasteiger partial charge in [0.25, 0.3) is 0 Å². The highest BCUT2D eigenvalue weighted by atomic mass is 16.5. The van der Waals surface area contributed by atoms with Crippen molar-refractivity contribution in [2.75, 3.05) is 13.2 Å². The van der Waals surface area contributed by atoms with Crippen molar-refractivity contribution >= 4 is 5.91 Å². The molecule has 1 N–H and O–H groups in total. The van der Waals surface area contributed by atoms with Gasteiger partial charge < -0.3 is 10.1 Å². The van der Waals surface area contributed by atoms with Crippen molar-refractivity contribution in [1.29, 1.82) is 5.26 Å². The molecule has 0 aromatic heterocycles. The number of hydrogen-bond donors (Lipinski definition) is 1. The number of amides is 1. The Morgan fingerprint density at radius 2 is 2.44 bits per heavy atom. The van der Waals surface area contributed by atoms with Crippen LogP contribution in [0, 0.1) is 17.2 Å². The van der Waals surface area contributed by atoms with Crippen LogP contribution in [0.2, 0.25) is 0 Å². The van der Waals surface area contributed by atoms with Crippen LogP contribution < -0.4 is 5.32 Å². The average molecular weight is 224 g/mol. The molecule has 4 heteroatoms. The van der Waals surface area contributed by atoms with Crippen molar-refractivity contribution in [3.05, 3.63) is 0 Å². The Bertz CT molecular complexity index is 254. The summed E-state index contributed by atoms with van der Waals surface area (Å²) in [6.07, 6.45) is 4.98. The fourth-order valence-corrected chi connectivity index (χ4v) is 1.73. The normalized spacial score (nSPS) is 22.1. The van der Waals surface area contributed by atoms with E-state index in [2.05, 4.69) is 11.4 Å². The van der Waals surface area contributed by atoms with E-state index in [-0.39, 0.29) is 17.9 Å². The van der Waals surface area contributed by atoms with Gasteiger partial charge in [-0.15, -0.1) is 0 Å². The Kier molecular flexibility index (Phi) is 5.87. The molecular weight excluding hydrogens is 204 g/mol. The number of hydrogen-bond acceptors (Lipinski definition) is 3. The lowest BCUT2D eigenvalue weighted by Crippen LogP contribution is -2.29. The molecule has 1 fully saturated rings. The molecule has 0 aromatic rings. The van der Waals surface area contributed by atoms with Crippen LogP contribution in [0.15, 0.2) is 0 Å². The summed E-state index contributed by atoms with van der Waals surface area (Å²) in [4.78, 5) is 11.4. The van der Waals surface area contributed by atoms with Gasteiger partial charge in [-0.25, -0.2) is 0 Å². The minimum atomic E-state index is -0.116. The van der Waals surface area contributed by atoms with Crippen molar-refractivity contribution in [1.82, 2.24) is 5.32 Å². The lowest BCUT2D eigenvalue weighted by Gasteiger charge is -2.22. The predicted octanol–water partition coefficient (Wildman–Crippen LogP) is 1.61. The van der Waals surface area contributed by atoms with Crippen LogP contribution in [0.3, 0.4) is 0 Å². The smallest absolute Gasteiger partial charge is 0.220 e. The summed E-state index contributed by atoms with van der Waals surface area (Å²) in [5, 5.41) is 11.3. The van der Waals surface area contributed by atoms with E-state index >= 15 is 0 Å². The molecule has 0 saturated carbocycles. The maximum atomic E-state index is 11.4. The third kappa shape index (κ3) is 5.13. The highest BCUT2D eigenvalue weighted by Crippen LogP contribution is 2.16. The molecule has 1 aliphatic rings. The highest BCUT2D eigenvalue weighted by molar-refractivity contribution is 5.75. The van der Waals surface area contributed by atoms with Gasteiger partial charge in [0, 0.05) is 19.6 Å². The number of rotatable bonds is 5. The molecule has 16 heavy (non-hydrogen) atoms. The molecule has 1 aliphatic heterocycles. The molecule has 2 unspecified atom stereocenters. The van der Waals surface area contributed by atoms with Crippen molar-refractivity contribution in [3.8, 4) is 6.07 Å². The minimum Gasteiger partial charge on any atom is -0.378 e. The Balaban J connectivity index is 2.07. The summed E-state index contributed by atoms with van der Waals surface area (Å²) < 4.78 is 5.54. The minimum absolute atomic E-state index is 0.0243. The van der Waals surface area contributed by atoms with Crippen LogP contribution >= 0.6 is 0 Å². The summed E-state index contributed by atoms with van der Waals surface area (Å²) in [6.45, 7) is 3.07. The van der Waals surface area contributed by atoms with E-state index in [9.17, 15) is 4.79 Å². The lowest BCUT2D eigenvalue weighted by molar-refractivity contribution is -0.122. The topological polar surface area (TPSA) is 62.1 Å². The molecule has 90 valence electrons. The van der Waals surface area contributed by atoms with Gasteiger partial charge in [0.1, 0.15) is 0 Å². The zero-order chi connectivity index (χ0) is 11.8. The second-order valence-corrected chi connectivity index (χ2v) is 4.36. The number of ether oxygens (including phenoxy) is 1. The van der Waals surface area contributed by atoms with E-state index in [0.29, 0.717) is 13.0 Å². The third-order valence-corrected chi connectivity index (χ3v) is 2.79. The summed E-state index contributed by atoms with van der Waals surface area (Å²) in [7, 11) is 0. The van der Waals surface area contributed by atoms with Gasteiger partial charge in [0.05, 0.1) is 18.1 Å². The van der Waals surface area contributed by atoms with E-state index in [0.717, 1.165) is 25.9 Å². The molecule has 0 radical (unpaired) electrons. The first-order chi connectivity index (χ1) is 7.72. The Hall–Kier alpha value is -1.08. The number of nitrogens with zero attached hydrogens (tertiary/aromatic N) is 1. The summed E-state index contributed by atoms with van der Waals surface area (Å²) in [6, 6.07) is 2.09. The fraction of sp³-hybridized carbons (Fsp3) is 0.833. The predicted molar refractivity (Wildman–Crippen MR) is 60.6 cm³/mol. The van der Waals surface area contributed by atoms with Gasteiger partial charge in [-0.2, -0.15) is 5.26 Å². The molecule has 0 spiro atoms. The maximum absolute atomic E-state index is 11.4. The van der Waals surface area contributed by atoms with Gasteiger partial charge in [-0.3, -0.25) is 4.79 Å². The number of carbonyl (C=O) groups is 1. The van der Waals surface area contributed by atoms with Crippen LogP contribution in [-0.4, -0.2) is 25.2 Å². The van der Waals surface area contributed by atoms with Crippen molar-refractivity contribution < 1.29 is 9.53 Å². The third-order valence-electron chi connectivity index (χ3n) is 2.79. The van der Waals surface area contributed by atoms with Crippen molar-refractivity contribution in [3.63, 3.8) is 0 Å². The van der Waals surface area contributed by atoms with Crippen molar-refractivity contribution in [2.45, 2.75) is 45.1 Å². The molecule has 4 nitrogen and oxygen atoms in total. The van der Waals surface area contributed by atoms with Gasteiger partial charge in [0.15, 0.2) is 0 Å². The summed E-state index contributed by atoms with van der Waals surface area (Å²) in [5.74, 6) is -0.0915. The number of nitrogens with one attached hydrogen (secondary N) is 1. The zero-order valence-corrected chi connectivity index (χ0v) is 9.87. The first-order valence-electron chi connectivity index (χ1n) is 6.00. The standard InChI is InChI=1S/C12H20N2O2/c1-10(8-13)9-14-12(15)6-5-11-4-2-3-7-16-11/h10-11H,2-7,9H2,1H3,(H,14,15). The summed E-state index contributed by atoms with van der Waals surface area (Å²) in [5.41, 5.74) is 0. The molecule has 0 aliphatic carbocycles. The first-order valence-corrected chi connectivity index (χ1v) is 6.00. The molecule has 2 atom stereocenters. The molecule has 1 saturated heterocycles. The van der Waals surface area contributed by atoms with Crippen LogP contribution in [0.4, 0.5) is 0 Å². The second-order valence-electron chi connectivity index (χ2n) is 4.36. The molecular formula is C12H20N2O2. The highest BCUT2D eigenvalue weighted by Gasteiger charge is 2.15. The molecule has 0 bridgehead atoms. The van der Waals surface area contributed by atoms with E-state index in [1.165, 1.54) is 6.42 Å².